The summed E-state index contributed by atoms with van der Waals surface area (Å²) in [6.45, 7) is 3.96. The minimum atomic E-state index is 0.0157. The maximum atomic E-state index is 12.2. The van der Waals surface area contributed by atoms with Gasteiger partial charge in [-0.25, -0.2) is 4.98 Å². The highest BCUT2D eigenvalue weighted by Crippen LogP contribution is 2.26. The first-order chi connectivity index (χ1) is 13.0. The van der Waals surface area contributed by atoms with E-state index < -0.39 is 0 Å². The average molecular weight is 409 g/mol. The van der Waals surface area contributed by atoms with Gasteiger partial charge in [0.15, 0.2) is 0 Å². The summed E-state index contributed by atoms with van der Waals surface area (Å²) in [6.07, 6.45) is 1.60. The van der Waals surface area contributed by atoms with Gasteiger partial charge in [-0.1, -0.05) is 35.3 Å². The van der Waals surface area contributed by atoms with E-state index in [0.29, 0.717) is 23.1 Å². The van der Waals surface area contributed by atoms with Gasteiger partial charge >= 0.3 is 0 Å². The Morgan fingerprint density at radius 2 is 1.89 bits per heavy atom. The monoisotopic (exact) mass is 408 g/mol. The van der Waals surface area contributed by atoms with Crippen molar-refractivity contribution in [3.63, 3.8) is 0 Å². The van der Waals surface area contributed by atoms with Gasteiger partial charge in [-0.05, 0) is 23.8 Å². The highest BCUT2D eigenvalue weighted by molar-refractivity contribution is 6.36. The maximum Gasteiger partial charge on any atom is 0.234 e. The predicted molar refractivity (Wildman–Crippen MR) is 108 cm³/mol. The average Bonchev–Trinajstić information content (AvgIpc) is 2.68. The molecule has 0 unspecified atom stereocenters. The lowest BCUT2D eigenvalue weighted by Gasteiger charge is -2.35. The van der Waals surface area contributed by atoms with Crippen LogP contribution in [0, 0.1) is 0 Å². The Morgan fingerprint density at radius 1 is 1.19 bits per heavy atom. The van der Waals surface area contributed by atoms with Gasteiger partial charge in [0.25, 0.3) is 0 Å². The van der Waals surface area contributed by atoms with E-state index in [1.807, 2.05) is 24.3 Å². The van der Waals surface area contributed by atoms with E-state index in [0.717, 1.165) is 43.3 Å². The number of ether oxygens (including phenoxy) is 1. The van der Waals surface area contributed by atoms with E-state index in [2.05, 4.69) is 20.1 Å². The van der Waals surface area contributed by atoms with E-state index >= 15 is 0 Å². The predicted octanol–water partition coefficient (Wildman–Crippen LogP) is 2.84. The zero-order valence-corrected chi connectivity index (χ0v) is 16.6. The number of anilines is 1. The summed E-state index contributed by atoms with van der Waals surface area (Å²) >= 11 is 12.1. The van der Waals surface area contributed by atoms with Crippen LogP contribution in [0.25, 0.3) is 0 Å². The van der Waals surface area contributed by atoms with Crippen LogP contribution in [-0.4, -0.2) is 55.6 Å². The Balaban J connectivity index is 1.43. The van der Waals surface area contributed by atoms with Gasteiger partial charge in [0.2, 0.25) is 5.91 Å². The van der Waals surface area contributed by atoms with Gasteiger partial charge in [0.05, 0.1) is 23.7 Å². The second-order valence-electron chi connectivity index (χ2n) is 6.35. The number of nitrogens with zero attached hydrogens (tertiary/aromatic N) is 3. The Bertz CT molecular complexity index is 778. The van der Waals surface area contributed by atoms with Crippen LogP contribution in [0.2, 0.25) is 10.0 Å². The normalized spacial score (nSPS) is 14.9. The third kappa shape index (κ3) is 5.48. The number of halogens is 2. The molecule has 0 aliphatic carbocycles. The molecule has 6 nitrogen and oxygen atoms in total. The van der Waals surface area contributed by atoms with Crippen LogP contribution in [0.1, 0.15) is 5.56 Å². The lowest BCUT2D eigenvalue weighted by molar-refractivity contribution is -0.122. The van der Waals surface area contributed by atoms with Gasteiger partial charge < -0.3 is 15.0 Å². The number of carbonyl (C=O) groups excluding carboxylic acids is 1. The SMILES string of the molecule is COc1ccc(CNC(=O)CN2CCN(c3ncc(Cl)cc3Cl)CC2)cc1. The molecule has 1 fully saturated rings. The van der Waals surface area contributed by atoms with E-state index in [-0.39, 0.29) is 5.91 Å². The van der Waals surface area contributed by atoms with E-state index in [1.54, 1.807) is 19.4 Å². The number of hydrogen-bond acceptors (Lipinski definition) is 5. The topological polar surface area (TPSA) is 57.7 Å². The number of benzene rings is 1. The third-order valence-corrected chi connectivity index (χ3v) is 4.96. The van der Waals surface area contributed by atoms with Crippen LogP contribution in [0.5, 0.6) is 5.75 Å². The molecule has 0 bridgehead atoms. The molecular weight excluding hydrogens is 387 g/mol. The van der Waals surface area contributed by atoms with Gasteiger partial charge in [-0.15, -0.1) is 0 Å². The van der Waals surface area contributed by atoms with Gasteiger partial charge in [0, 0.05) is 38.9 Å². The molecule has 8 heteroatoms. The second-order valence-corrected chi connectivity index (χ2v) is 7.19. The lowest BCUT2D eigenvalue weighted by Crippen LogP contribution is -2.49. The number of piperazine rings is 1. The van der Waals surface area contributed by atoms with Crippen LogP contribution in [0.3, 0.4) is 0 Å². The van der Waals surface area contributed by atoms with Crippen LogP contribution >= 0.6 is 23.2 Å². The summed E-state index contributed by atoms with van der Waals surface area (Å²) in [6, 6.07) is 9.36. The van der Waals surface area contributed by atoms with Crippen molar-refractivity contribution in [2.75, 3.05) is 44.7 Å². The molecule has 2 heterocycles. The van der Waals surface area contributed by atoms with Crippen molar-refractivity contribution in [3.05, 3.63) is 52.1 Å². The number of pyridine rings is 1. The summed E-state index contributed by atoms with van der Waals surface area (Å²) in [5.74, 6) is 1.56. The molecule has 1 aliphatic heterocycles. The lowest BCUT2D eigenvalue weighted by atomic mass is 10.2. The molecule has 27 heavy (non-hydrogen) atoms. The second kappa shape index (κ2) is 9.26. The number of carbonyl (C=O) groups is 1. The molecule has 3 rings (SSSR count). The summed E-state index contributed by atoms with van der Waals surface area (Å²) in [4.78, 5) is 20.8. The van der Waals surface area contributed by atoms with E-state index in [9.17, 15) is 4.79 Å². The fourth-order valence-corrected chi connectivity index (χ4v) is 3.46. The van der Waals surface area contributed by atoms with Crippen molar-refractivity contribution < 1.29 is 9.53 Å². The number of amides is 1. The smallest absolute Gasteiger partial charge is 0.234 e. The largest absolute Gasteiger partial charge is 0.497 e. The van der Waals surface area contributed by atoms with Gasteiger partial charge in [0.1, 0.15) is 11.6 Å². The van der Waals surface area contributed by atoms with Crippen LogP contribution < -0.4 is 15.0 Å². The minimum absolute atomic E-state index is 0.0157. The Kier molecular flexibility index (Phi) is 6.77. The van der Waals surface area contributed by atoms with Gasteiger partial charge in [-0.3, -0.25) is 9.69 Å². The Labute approximate surface area is 169 Å². The van der Waals surface area contributed by atoms with Crippen LogP contribution in [0.4, 0.5) is 5.82 Å². The standard InChI is InChI=1S/C19H22Cl2N4O2/c1-27-16-4-2-14(3-5-16)11-22-18(26)13-24-6-8-25(9-7-24)19-17(21)10-15(20)12-23-19/h2-5,10,12H,6-9,11,13H2,1H3,(H,22,26). The molecule has 0 spiro atoms. The molecule has 1 aromatic carbocycles. The van der Waals surface area contributed by atoms with Crippen molar-refractivity contribution in [1.29, 1.82) is 0 Å². The van der Waals surface area contributed by atoms with E-state index in [4.69, 9.17) is 27.9 Å². The summed E-state index contributed by atoms with van der Waals surface area (Å²) < 4.78 is 5.13. The molecule has 0 atom stereocenters. The number of rotatable bonds is 6. The molecule has 1 aromatic heterocycles. The number of methoxy groups -OCH3 is 1. The first kappa shape index (κ1) is 19.7. The number of nitrogens with one attached hydrogen (secondary N) is 1. The number of aromatic nitrogens is 1. The van der Waals surface area contributed by atoms with Crippen molar-refractivity contribution in [3.8, 4) is 5.75 Å². The van der Waals surface area contributed by atoms with Crippen molar-refractivity contribution in [2.24, 2.45) is 0 Å². The van der Waals surface area contributed by atoms with Crippen molar-refractivity contribution >= 4 is 34.9 Å². The Morgan fingerprint density at radius 3 is 2.52 bits per heavy atom. The quantitative estimate of drug-likeness (QED) is 0.795. The molecule has 1 N–H and O–H groups in total. The summed E-state index contributed by atoms with van der Waals surface area (Å²) in [7, 11) is 1.63. The summed E-state index contributed by atoms with van der Waals surface area (Å²) in [5, 5.41) is 4.03. The number of hydrogen-bond donors (Lipinski definition) is 1. The molecule has 1 aliphatic rings. The summed E-state index contributed by atoms with van der Waals surface area (Å²) in [5.41, 5.74) is 1.04. The highest BCUT2D eigenvalue weighted by atomic mass is 35.5. The van der Waals surface area contributed by atoms with Crippen molar-refractivity contribution in [1.82, 2.24) is 15.2 Å². The maximum absolute atomic E-state index is 12.2. The first-order valence-electron chi connectivity index (χ1n) is 8.73. The first-order valence-corrected chi connectivity index (χ1v) is 9.48. The zero-order chi connectivity index (χ0) is 19.2. The van der Waals surface area contributed by atoms with E-state index in [1.165, 1.54) is 0 Å². The molecule has 0 saturated carbocycles. The molecule has 1 saturated heterocycles. The molecule has 0 radical (unpaired) electrons. The van der Waals surface area contributed by atoms with Crippen molar-refractivity contribution in [2.45, 2.75) is 6.54 Å². The molecule has 2 aromatic rings. The fraction of sp³-hybridized carbons (Fsp3) is 0.368. The fourth-order valence-electron chi connectivity index (χ4n) is 2.96. The van der Waals surface area contributed by atoms with Crippen LogP contribution in [-0.2, 0) is 11.3 Å². The molecule has 1 amide bonds. The van der Waals surface area contributed by atoms with Crippen LogP contribution in [0.15, 0.2) is 36.5 Å². The minimum Gasteiger partial charge on any atom is -0.497 e. The van der Waals surface area contributed by atoms with Gasteiger partial charge in [-0.2, -0.15) is 0 Å². The zero-order valence-electron chi connectivity index (χ0n) is 15.1. The third-order valence-electron chi connectivity index (χ3n) is 4.48. The highest BCUT2D eigenvalue weighted by Gasteiger charge is 2.21. The Hall–Kier alpha value is -2.02. The molecule has 144 valence electrons. The molecular formula is C19H22Cl2N4O2.